The fourth-order valence-corrected chi connectivity index (χ4v) is 4.11. The van der Waals surface area contributed by atoms with Crippen molar-refractivity contribution in [3.05, 3.63) is 48.6 Å². The van der Waals surface area contributed by atoms with E-state index in [9.17, 15) is 26.4 Å². The summed E-state index contributed by atoms with van der Waals surface area (Å²) in [5, 5.41) is 0. The lowest BCUT2D eigenvalue weighted by molar-refractivity contribution is -0.124. The summed E-state index contributed by atoms with van der Waals surface area (Å²) in [5.41, 5.74) is -0.418. The smallest absolute Gasteiger partial charge is 0.417 e. The topological polar surface area (TPSA) is 157 Å². The number of imide groups is 1. The zero-order valence-corrected chi connectivity index (χ0v) is 23.3. The fourth-order valence-electron chi connectivity index (χ4n) is 2.54. The van der Waals surface area contributed by atoms with E-state index < -0.39 is 38.0 Å². The van der Waals surface area contributed by atoms with Crippen LogP contribution >= 0.6 is 0 Å². The summed E-state index contributed by atoms with van der Waals surface area (Å²) in [6.07, 6.45) is 9.02. The second kappa shape index (κ2) is 11.4. The molecule has 0 unspecified atom stereocenters. The first-order chi connectivity index (χ1) is 16.9. The zero-order chi connectivity index (χ0) is 28.2. The molecule has 0 aliphatic carbocycles. The van der Waals surface area contributed by atoms with E-state index in [0.717, 1.165) is 40.2 Å². The predicted molar refractivity (Wildman–Crippen MR) is 136 cm³/mol. The summed E-state index contributed by atoms with van der Waals surface area (Å²) in [7, 11) is -2.00. The van der Waals surface area contributed by atoms with Gasteiger partial charge in [0, 0.05) is 46.7 Å². The summed E-state index contributed by atoms with van der Waals surface area (Å²) in [6.45, 7) is 4.73. The Labute approximate surface area is 216 Å². The molecule has 2 heterocycles. The summed E-state index contributed by atoms with van der Waals surface area (Å²) in [4.78, 5) is 34.3. The number of hydrogen-bond acceptors (Lipinski definition) is 9. The van der Waals surface area contributed by atoms with E-state index in [4.69, 9.17) is 4.74 Å². The summed E-state index contributed by atoms with van der Waals surface area (Å²) in [6, 6.07) is 0. The average molecular weight is 558 g/mol. The maximum Gasteiger partial charge on any atom is 0.417 e. The summed E-state index contributed by atoms with van der Waals surface area (Å²) in [5.74, 6) is -0.746. The highest BCUT2D eigenvalue weighted by Crippen LogP contribution is 2.12. The van der Waals surface area contributed by atoms with Crippen molar-refractivity contribution < 1.29 is 31.2 Å². The Balaban J connectivity index is 2.23. The Morgan fingerprint density at radius 3 is 1.78 bits per heavy atom. The van der Waals surface area contributed by atoms with Crippen LogP contribution < -0.4 is 0 Å². The molecule has 2 rings (SSSR count). The lowest BCUT2D eigenvalue weighted by Gasteiger charge is -2.24. The molecule has 14 nitrogen and oxygen atoms in total. The van der Waals surface area contributed by atoms with Crippen LogP contribution in [0, 0.1) is 0 Å². The third-order valence-electron chi connectivity index (χ3n) is 4.47. The van der Waals surface area contributed by atoms with Gasteiger partial charge in [-0.2, -0.15) is 25.4 Å². The van der Waals surface area contributed by atoms with Crippen LogP contribution in [0.25, 0.3) is 12.2 Å². The number of aromatic nitrogens is 4. The molecular formula is C21H31N7O7S2. The van der Waals surface area contributed by atoms with Gasteiger partial charge < -0.3 is 4.74 Å². The van der Waals surface area contributed by atoms with Gasteiger partial charge in [0.25, 0.3) is 5.91 Å². The number of carbonyl (C=O) groups is 2. The largest absolute Gasteiger partial charge is 0.443 e. The van der Waals surface area contributed by atoms with Crippen LogP contribution in [-0.4, -0.2) is 101 Å². The molecule has 0 spiro atoms. The molecule has 0 bridgehead atoms. The second-order valence-electron chi connectivity index (χ2n) is 9.00. The zero-order valence-electron chi connectivity index (χ0n) is 21.6. The number of amides is 2. The summed E-state index contributed by atoms with van der Waals surface area (Å²) >= 11 is 0. The molecule has 2 amide bonds. The highest BCUT2D eigenvalue weighted by molar-refractivity contribution is 7.87. The van der Waals surface area contributed by atoms with Gasteiger partial charge in [0.2, 0.25) is 0 Å². The first kappa shape index (κ1) is 29.9. The molecular weight excluding hydrogens is 526 g/mol. The van der Waals surface area contributed by atoms with E-state index >= 15 is 0 Å². The molecule has 0 fully saturated rings. The van der Waals surface area contributed by atoms with Gasteiger partial charge in [0.05, 0.1) is 17.9 Å². The van der Waals surface area contributed by atoms with Crippen LogP contribution in [0.2, 0.25) is 0 Å². The number of imidazole rings is 2. The van der Waals surface area contributed by atoms with Gasteiger partial charge in [-0.15, -0.1) is 0 Å². The first-order valence-electron chi connectivity index (χ1n) is 10.8. The number of nitrogens with zero attached hydrogens (tertiary/aromatic N) is 7. The van der Waals surface area contributed by atoms with Crippen molar-refractivity contribution in [2.45, 2.75) is 26.4 Å². The highest BCUT2D eigenvalue weighted by Gasteiger charge is 2.25. The second-order valence-corrected chi connectivity index (χ2v) is 13.1. The molecule has 2 aromatic rings. The van der Waals surface area contributed by atoms with E-state index in [1.165, 1.54) is 58.8 Å². The Kier molecular flexibility index (Phi) is 9.18. The molecule has 16 heteroatoms. The quantitative estimate of drug-likeness (QED) is 0.408. The molecule has 37 heavy (non-hydrogen) atoms. The Bertz CT molecular complexity index is 1400. The van der Waals surface area contributed by atoms with Crippen molar-refractivity contribution in [1.82, 2.24) is 31.4 Å². The molecule has 0 radical (unpaired) electrons. The van der Waals surface area contributed by atoms with Gasteiger partial charge >= 0.3 is 26.5 Å². The molecule has 0 saturated carbocycles. The van der Waals surface area contributed by atoms with Crippen molar-refractivity contribution in [2.75, 3.05) is 34.7 Å². The monoisotopic (exact) mass is 557 g/mol. The van der Waals surface area contributed by atoms with Gasteiger partial charge in [-0.1, -0.05) is 6.08 Å². The number of hydrogen-bond donors (Lipinski definition) is 0. The van der Waals surface area contributed by atoms with Crippen molar-refractivity contribution in [3.8, 4) is 0 Å². The molecule has 204 valence electrons. The Morgan fingerprint density at radius 2 is 1.35 bits per heavy atom. The van der Waals surface area contributed by atoms with E-state index in [2.05, 4.69) is 9.97 Å². The first-order valence-corrected chi connectivity index (χ1v) is 13.6. The number of carbonyl (C=O) groups excluding carboxylic acids is 2. The minimum absolute atomic E-state index is 0.172. The molecule has 0 aliphatic heterocycles. The van der Waals surface area contributed by atoms with Crippen LogP contribution in [0.4, 0.5) is 4.79 Å². The van der Waals surface area contributed by atoms with Crippen LogP contribution in [0.3, 0.4) is 0 Å². The van der Waals surface area contributed by atoms with Gasteiger partial charge in [-0.3, -0.25) is 4.79 Å². The maximum atomic E-state index is 12.8. The van der Waals surface area contributed by atoms with Crippen LogP contribution in [0.15, 0.2) is 37.2 Å². The minimum Gasteiger partial charge on any atom is -0.443 e. The van der Waals surface area contributed by atoms with Crippen molar-refractivity contribution in [1.29, 1.82) is 0 Å². The van der Waals surface area contributed by atoms with Crippen molar-refractivity contribution in [3.63, 3.8) is 0 Å². The van der Waals surface area contributed by atoms with Crippen LogP contribution in [-0.2, 0) is 30.0 Å². The molecule has 2 aromatic heterocycles. The molecule has 0 atom stereocenters. The molecule has 0 aliphatic rings. The van der Waals surface area contributed by atoms with E-state index in [-0.39, 0.29) is 17.9 Å². The highest BCUT2D eigenvalue weighted by atomic mass is 32.2. The van der Waals surface area contributed by atoms with E-state index in [1.54, 1.807) is 20.8 Å². The van der Waals surface area contributed by atoms with E-state index in [0.29, 0.717) is 0 Å². The standard InChI is InChI=1S/C21H31N7O7S2/c1-21(2,3)35-20(30)28(12-8-9-17-13-26(15-22-17)36(31,32)24(4)5)19(29)11-10-18-14-27(16-23-18)37(33,34)25(6)7/h8-11,13-16H,12H2,1-7H3/b9-8+,11-10+. The van der Waals surface area contributed by atoms with Gasteiger partial charge in [-0.05, 0) is 32.9 Å². The van der Waals surface area contributed by atoms with Crippen LogP contribution in [0.1, 0.15) is 32.2 Å². The van der Waals surface area contributed by atoms with Gasteiger partial charge in [-0.25, -0.2) is 27.6 Å². The Morgan fingerprint density at radius 1 is 0.892 bits per heavy atom. The SMILES string of the molecule is CN(C)S(=O)(=O)n1cnc(/C=C/CN(C(=O)/C=C/c2cn(S(=O)(=O)N(C)C)cn2)C(=O)OC(C)(C)C)c1. The molecule has 0 saturated heterocycles. The fraction of sp³-hybridized carbons (Fsp3) is 0.429. The lowest BCUT2D eigenvalue weighted by atomic mass is 10.2. The number of ether oxygens (including phenoxy) is 1. The predicted octanol–water partition coefficient (Wildman–Crippen LogP) is 0.879. The van der Waals surface area contributed by atoms with Crippen molar-refractivity contribution in [2.24, 2.45) is 0 Å². The molecule has 0 aromatic carbocycles. The third kappa shape index (κ3) is 7.82. The summed E-state index contributed by atoms with van der Waals surface area (Å²) < 4.78 is 57.9. The average Bonchev–Trinajstić information content (AvgIpc) is 3.44. The third-order valence-corrected chi connectivity index (χ3v) is 7.78. The maximum absolute atomic E-state index is 12.8. The minimum atomic E-state index is -3.77. The Hall–Kier alpha value is -3.34. The van der Waals surface area contributed by atoms with Crippen molar-refractivity contribution >= 4 is 44.6 Å². The normalized spacial score (nSPS) is 13.2. The number of rotatable bonds is 9. The van der Waals surface area contributed by atoms with Gasteiger partial charge in [0.1, 0.15) is 18.3 Å². The van der Waals surface area contributed by atoms with E-state index in [1.807, 2.05) is 0 Å². The molecule has 0 N–H and O–H groups in total. The lowest BCUT2D eigenvalue weighted by Crippen LogP contribution is -2.40. The van der Waals surface area contributed by atoms with Gasteiger partial charge in [0.15, 0.2) is 0 Å². The van der Waals surface area contributed by atoms with Crippen LogP contribution in [0.5, 0.6) is 0 Å².